The average molecular weight is 342 g/mol. The lowest BCUT2D eigenvalue weighted by Crippen LogP contribution is -2.58. The highest BCUT2D eigenvalue weighted by molar-refractivity contribution is 6.33. The Bertz CT molecular complexity index is 659. The molecule has 9 heteroatoms. The minimum atomic E-state index is -1.16. The standard InChI is InChI=1S/C14H20ClN5O3/c1-7-17-10(15)9-11(18-7)16-6-8(12(21)19(9)5)20(13(22)23)14(2,3)4/h8H,6H2,1-5H3,(H,22,23)(H,16,17,18)/t8-/m0/s1. The number of nitrogens with one attached hydrogen (secondary N) is 1. The molecule has 0 spiro atoms. The molecule has 8 nitrogen and oxygen atoms in total. The van der Waals surface area contributed by atoms with Gasteiger partial charge < -0.3 is 15.3 Å². The van der Waals surface area contributed by atoms with Crippen molar-refractivity contribution < 1.29 is 14.7 Å². The third kappa shape index (κ3) is 3.17. The van der Waals surface area contributed by atoms with Crippen LogP contribution in [-0.4, -0.2) is 57.1 Å². The Labute approximate surface area is 139 Å². The SMILES string of the molecule is Cc1nc(Cl)c2c(n1)NC[C@H](N(C(=O)O)C(C)(C)C)C(=O)N2C. The van der Waals surface area contributed by atoms with Gasteiger partial charge in [0.25, 0.3) is 5.91 Å². The van der Waals surface area contributed by atoms with Crippen molar-refractivity contribution in [2.75, 3.05) is 23.8 Å². The van der Waals surface area contributed by atoms with E-state index in [0.29, 0.717) is 17.3 Å². The summed E-state index contributed by atoms with van der Waals surface area (Å²) >= 11 is 6.14. The van der Waals surface area contributed by atoms with Crippen molar-refractivity contribution in [2.45, 2.75) is 39.3 Å². The molecule has 126 valence electrons. The fourth-order valence-corrected chi connectivity index (χ4v) is 3.00. The molecular formula is C14H20ClN5O3. The lowest BCUT2D eigenvalue weighted by Gasteiger charge is -2.39. The van der Waals surface area contributed by atoms with Crippen LogP contribution >= 0.6 is 11.6 Å². The normalized spacial score (nSPS) is 18.1. The van der Waals surface area contributed by atoms with E-state index in [4.69, 9.17) is 11.6 Å². The Morgan fingerprint density at radius 3 is 2.57 bits per heavy atom. The van der Waals surface area contributed by atoms with Crippen molar-refractivity contribution in [3.63, 3.8) is 0 Å². The van der Waals surface area contributed by atoms with Crippen molar-refractivity contribution >= 4 is 35.1 Å². The quantitative estimate of drug-likeness (QED) is 0.758. The first-order valence-electron chi connectivity index (χ1n) is 7.12. The van der Waals surface area contributed by atoms with Crippen molar-refractivity contribution in [2.24, 2.45) is 0 Å². The predicted molar refractivity (Wildman–Crippen MR) is 87.1 cm³/mol. The number of likely N-dealkylation sites (N-methyl/N-ethyl adjacent to an activating group) is 1. The van der Waals surface area contributed by atoms with E-state index in [1.54, 1.807) is 27.7 Å². The van der Waals surface area contributed by atoms with Crippen molar-refractivity contribution in [1.82, 2.24) is 14.9 Å². The fraction of sp³-hybridized carbons (Fsp3) is 0.571. The van der Waals surface area contributed by atoms with Gasteiger partial charge in [-0.05, 0) is 27.7 Å². The summed E-state index contributed by atoms with van der Waals surface area (Å²) in [7, 11) is 1.54. The highest BCUT2D eigenvalue weighted by Crippen LogP contribution is 2.34. The molecule has 1 aromatic rings. The number of rotatable bonds is 1. The minimum absolute atomic E-state index is 0.104. The Morgan fingerprint density at radius 1 is 1.43 bits per heavy atom. The molecule has 0 aromatic carbocycles. The molecule has 0 saturated heterocycles. The van der Waals surface area contributed by atoms with Crippen LogP contribution in [0, 0.1) is 6.92 Å². The van der Waals surface area contributed by atoms with Gasteiger partial charge in [0.05, 0.1) is 0 Å². The van der Waals surface area contributed by atoms with E-state index in [-0.39, 0.29) is 17.6 Å². The Morgan fingerprint density at radius 2 is 2.04 bits per heavy atom. The van der Waals surface area contributed by atoms with Gasteiger partial charge in [-0.15, -0.1) is 0 Å². The monoisotopic (exact) mass is 341 g/mol. The molecule has 2 amide bonds. The molecule has 0 bridgehead atoms. The first-order valence-corrected chi connectivity index (χ1v) is 7.49. The van der Waals surface area contributed by atoms with Gasteiger partial charge in [-0.2, -0.15) is 0 Å². The number of nitrogens with zero attached hydrogens (tertiary/aromatic N) is 4. The van der Waals surface area contributed by atoms with E-state index in [2.05, 4.69) is 15.3 Å². The number of anilines is 2. The third-order valence-corrected chi connectivity index (χ3v) is 3.87. The Hall–Kier alpha value is -2.09. The average Bonchev–Trinajstić information content (AvgIpc) is 2.49. The van der Waals surface area contributed by atoms with Crippen molar-refractivity contribution in [3.05, 3.63) is 11.0 Å². The second-order valence-electron chi connectivity index (χ2n) is 6.38. The molecule has 1 aliphatic rings. The van der Waals surface area contributed by atoms with Gasteiger partial charge in [0, 0.05) is 19.1 Å². The summed E-state index contributed by atoms with van der Waals surface area (Å²) in [4.78, 5) is 35.2. The predicted octanol–water partition coefficient (Wildman–Crippen LogP) is 1.97. The molecule has 0 fully saturated rings. The van der Waals surface area contributed by atoms with Gasteiger partial charge in [0.2, 0.25) is 0 Å². The third-order valence-electron chi connectivity index (χ3n) is 3.61. The number of hydrogen-bond donors (Lipinski definition) is 2. The van der Waals surface area contributed by atoms with Crippen LogP contribution in [0.25, 0.3) is 0 Å². The fourth-order valence-electron chi connectivity index (χ4n) is 2.66. The lowest BCUT2D eigenvalue weighted by atomic mass is 10.0. The van der Waals surface area contributed by atoms with E-state index >= 15 is 0 Å². The van der Waals surface area contributed by atoms with Crippen LogP contribution in [0.4, 0.5) is 16.3 Å². The first-order chi connectivity index (χ1) is 10.5. The summed E-state index contributed by atoms with van der Waals surface area (Å²) in [6, 6.07) is -0.900. The molecule has 0 saturated carbocycles. The zero-order valence-corrected chi connectivity index (χ0v) is 14.5. The summed E-state index contributed by atoms with van der Waals surface area (Å²) in [6.07, 6.45) is -1.16. The number of aryl methyl sites for hydroxylation is 1. The van der Waals surface area contributed by atoms with Gasteiger partial charge in [0.1, 0.15) is 17.6 Å². The molecule has 2 rings (SSSR count). The number of fused-ring (bicyclic) bond motifs is 1. The van der Waals surface area contributed by atoms with E-state index in [1.165, 1.54) is 11.9 Å². The summed E-state index contributed by atoms with van der Waals surface area (Å²) in [5, 5.41) is 12.7. The van der Waals surface area contributed by atoms with Crippen LogP contribution in [-0.2, 0) is 4.79 Å². The molecule has 1 aliphatic heterocycles. The van der Waals surface area contributed by atoms with Gasteiger partial charge in [-0.3, -0.25) is 9.69 Å². The van der Waals surface area contributed by atoms with Gasteiger partial charge in [-0.25, -0.2) is 14.8 Å². The second-order valence-corrected chi connectivity index (χ2v) is 6.73. The van der Waals surface area contributed by atoms with Crippen LogP contribution in [0.3, 0.4) is 0 Å². The lowest BCUT2D eigenvalue weighted by molar-refractivity contribution is -0.124. The van der Waals surface area contributed by atoms with Crippen molar-refractivity contribution in [1.29, 1.82) is 0 Å². The van der Waals surface area contributed by atoms with E-state index in [1.807, 2.05) is 0 Å². The van der Waals surface area contributed by atoms with Crippen LogP contribution in [0.15, 0.2) is 0 Å². The van der Waals surface area contributed by atoms with Crippen LogP contribution < -0.4 is 10.2 Å². The largest absolute Gasteiger partial charge is 0.465 e. The number of amides is 2. The summed E-state index contributed by atoms with van der Waals surface area (Å²) in [6.45, 7) is 7.01. The van der Waals surface area contributed by atoms with Crippen LogP contribution in [0.5, 0.6) is 0 Å². The van der Waals surface area contributed by atoms with Crippen LogP contribution in [0.1, 0.15) is 26.6 Å². The number of carbonyl (C=O) groups excluding carboxylic acids is 1. The summed E-state index contributed by atoms with van der Waals surface area (Å²) in [5.74, 6) is 0.495. The number of carboxylic acid groups (broad SMARTS) is 1. The van der Waals surface area contributed by atoms with E-state index in [0.717, 1.165) is 4.90 Å². The van der Waals surface area contributed by atoms with Gasteiger partial charge in [-0.1, -0.05) is 11.6 Å². The Balaban J connectivity index is 2.49. The smallest absolute Gasteiger partial charge is 0.408 e. The Kier molecular flexibility index (Phi) is 4.39. The maximum atomic E-state index is 12.8. The molecule has 2 N–H and O–H groups in total. The summed E-state index contributed by atoms with van der Waals surface area (Å²) < 4.78 is 0. The van der Waals surface area contributed by atoms with Crippen molar-refractivity contribution in [3.8, 4) is 0 Å². The molecule has 2 heterocycles. The minimum Gasteiger partial charge on any atom is -0.465 e. The molecular weight excluding hydrogens is 322 g/mol. The topological polar surface area (TPSA) is 98.7 Å². The van der Waals surface area contributed by atoms with E-state index < -0.39 is 17.7 Å². The zero-order valence-electron chi connectivity index (χ0n) is 13.7. The second kappa shape index (κ2) is 5.84. The number of halogens is 1. The maximum Gasteiger partial charge on any atom is 0.408 e. The van der Waals surface area contributed by atoms with Gasteiger partial charge in [0.15, 0.2) is 11.0 Å². The number of aromatic nitrogens is 2. The highest BCUT2D eigenvalue weighted by Gasteiger charge is 2.41. The first kappa shape index (κ1) is 17.3. The molecule has 0 unspecified atom stereocenters. The molecule has 1 atom stereocenters. The molecule has 0 radical (unpaired) electrons. The highest BCUT2D eigenvalue weighted by atomic mass is 35.5. The number of carbonyl (C=O) groups is 2. The van der Waals surface area contributed by atoms with Crippen LogP contribution in [0.2, 0.25) is 5.15 Å². The van der Waals surface area contributed by atoms with Gasteiger partial charge >= 0.3 is 6.09 Å². The molecule has 1 aromatic heterocycles. The molecule has 23 heavy (non-hydrogen) atoms. The van der Waals surface area contributed by atoms with E-state index in [9.17, 15) is 14.7 Å². The number of hydrogen-bond acceptors (Lipinski definition) is 5. The maximum absolute atomic E-state index is 12.8. The summed E-state index contributed by atoms with van der Waals surface area (Å²) in [5.41, 5.74) is -0.389. The zero-order chi connectivity index (χ0) is 17.5. The molecule has 0 aliphatic carbocycles.